The second-order valence-electron chi connectivity index (χ2n) is 7.66. The number of ether oxygens (including phenoxy) is 2. The maximum absolute atomic E-state index is 10.7. The third-order valence-corrected chi connectivity index (χ3v) is 5.48. The molecule has 2 aliphatic heterocycles. The first-order valence-corrected chi connectivity index (χ1v) is 10.4. The van der Waals surface area contributed by atoms with Crippen LogP contribution in [0.25, 0.3) is 0 Å². The minimum atomic E-state index is -0.750. The van der Waals surface area contributed by atoms with E-state index in [4.69, 9.17) is 9.47 Å². The van der Waals surface area contributed by atoms with Crippen molar-refractivity contribution < 1.29 is 14.6 Å². The van der Waals surface area contributed by atoms with Gasteiger partial charge in [0.1, 0.15) is 5.75 Å². The number of nitrogens with zero attached hydrogens (tertiary/aromatic N) is 2. The molecule has 0 spiro atoms. The summed E-state index contributed by atoms with van der Waals surface area (Å²) in [5.74, 6) is 1.66. The summed E-state index contributed by atoms with van der Waals surface area (Å²) in [5.41, 5.74) is 0.434. The van der Waals surface area contributed by atoms with Gasteiger partial charge in [-0.3, -0.25) is 4.99 Å². The molecule has 3 rings (SSSR count). The van der Waals surface area contributed by atoms with E-state index in [0.717, 1.165) is 44.2 Å². The van der Waals surface area contributed by atoms with Gasteiger partial charge in [-0.05, 0) is 31.9 Å². The van der Waals surface area contributed by atoms with Crippen LogP contribution in [0.3, 0.4) is 0 Å². The van der Waals surface area contributed by atoms with Crippen molar-refractivity contribution in [3.8, 4) is 5.75 Å². The number of benzene rings is 1. The van der Waals surface area contributed by atoms with E-state index >= 15 is 0 Å². The Bertz CT molecular complexity index is 646. The number of guanidine groups is 1. The summed E-state index contributed by atoms with van der Waals surface area (Å²) in [5, 5.41) is 17.6. The van der Waals surface area contributed by atoms with Gasteiger partial charge in [0, 0.05) is 63.5 Å². The molecule has 0 radical (unpaired) electrons. The maximum Gasteiger partial charge on any atom is 0.191 e. The number of nitrogens with one attached hydrogen (secondary N) is 2. The molecule has 7 heteroatoms. The van der Waals surface area contributed by atoms with E-state index in [9.17, 15) is 5.11 Å². The Morgan fingerprint density at radius 3 is 2.96 bits per heavy atom. The van der Waals surface area contributed by atoms with E-state index in [2.05, 4.69) is 39.6 Å². The van der Waals surface area contributed by atoms with Crippen molar-refractivity contribution in [1.82, 2.24) is 10.6 Å². The van der Waals surface area contributed by atoms with Crippen LogP contribution in [0.4, 0.5) is 5.69 Å². The number of methoxy groups -OCH3 is 1. The van der Waals surface area contributed by atoms with Crippen molar-refractivity contribution in [2.24, 2.45) is 4.99 Å². The molecule has 0 saturated carbocycles. The Morgan fingerprint density at radius 1 is 1.39 bits per heavy atom. The molecule has 1 aromatic rings. The summed E-state index contributed by atoms with van der Waals surface area (Å²) in [6.07, 6.45) is 3.50. The minimum absolute atomic E-state index is 0.307. The fourth-order valence-electron chi connectivity index (χ4n) is 3.79. The van der Waals surface area contributed by atoms with Crippen molar-refractivity contribution in [2.75, 3.05) is 51.4 Å². The SMILES string of the molecule is CCNC(=NCC1(O)CCOCC1)NC1CCCN(c2cccc(OC)c2)C1. The molecule has 2 aliphatic rings. The van der Waals surface area contributed by atoms with Crippen LogP contribution >= 0.6 is 0 Å². The lowest BCUT2D eigenvalue weighted by molar-refractivity contribution is -0.0566. The van der Waals surface area contributed by atoms with Gasteiger partial charge in [0.25, 0.3) is 0 Å². The zero-order chi connectivity index (χ0) is 19.8. The Balaban J connectivity index is 1.61. The van der Waals surface area contributed by atoms with Crippen molar-refractivity contribution in [3.63, 3.8) is 0 Å². The average Bonchev–Trinajstić information content (AvgIpc) is 2.73. The van der Waals surface area contributed by atoms with Gasteiger partial charge in [0.2, 0.25) is 0 Å². The summed E-state index contributed by atoms with van der Waals surface area (Å²) >= 11 is 0. The zero-order valence-corrected chi connectivity index (χ0v) is 17.1. The smallest absolute Gasteiger partial charge is 0.191 e. The van der Waals surface area contributed by atoms with Crippen LogP contribution in [-0.4, -0.2) is 69.2 Å². The van der Waals surface area contributed by atoms with Crippen LogP contribution in [-0.2, 0) is 4.74 Å². The molecule has 0 bridgehead atoms. The highest BCUT2D eigenvalue weighted by Gasteiger charge is 2.30. The van der Waals surface area contributed by atoms with Crippen LogP contribution in [0, 0.1) is 0 Å². The second-order valence-corrected chi connectivity index (χ2v) is 7.66. The highest BCUT2D eigenvalue weighted by Crippen LogP contribution is 2.24. The molecule has 0 aromatic heterocycles. The molecule has 7 nitrogen and oxygen atoms in total. The first-order chi connectivity index (χ1) is 13.6. The number of hydrogen-bond donors (Lipinski definition) is 3. The molecule has 156 valence electrons. The van der Waals surface area contributed by atoms with Crippen LogP contribution in [0.1, 0.15) is 32.6 Å². The van der Waals surface area contributed by atoms with Crippen LogP contribution < -0.4 is 20.3 Å². The average molecular weight is 391 g/mol. The van der Waals surface area contributed by atoms with Crippen LogP contribution in [0.2, 0.25) is 0 Å². The standard InChI is InChI=1S/C21H34N4O3/c1-3-22-20(23-16-21(26)9-12-28-13-10-21)24-17-6-5-11-25(15-17)18-7-4-8-19(14-18)27-2/h4,7-8,14,17,26H,3,5-6,9-13,15-16H2,1-2H3,(H2,22,23,24). The second kappa shape index (κ2) is 9.98. The first kappa shape index (κ1) is 20.7. The maximum atomic E-state index is 10.7. The molecule has 0 aliphatic carbocycles. The summed E-state index contributed by atoms with van der Waals surface area (Å²) in [6.45, 7) is 6.41. The van der Waals surface area contributed by atoms with E-state index in [0.29, 0.717) is 38.6 Å². The number of hydrogen-bond acceptors (Lipinski definition) is 5. The van der Waals surface area contributed by atoms with Gasteiger partial charge in [0.15, 0.2) is 5.96 Å². The van der Waals surface area contributed by atoms with Gasteiger partial charge < -0.3 is 30.1 Å². The fourth-order valence-corrected chi connectivity index (χ4v) is 3.79. The number of aliphatic hydroxyl groups is 1. The zero-order valence-electron chi connectivity index (χ0n) is 17.1. The summed E-state index contributed by atoms with van der Waals surface area (Å²) < 4.78 is 10.7. The Kier molecular flexibility index (Phi) is 7.39. The summed E-state index contributed by atoms with van der Waals surface area (Å²) in [7, 11) is 1.70. The van der Waals surface area contributed by atoms with Crippen molar-refractivity contribution in [1.29, 1.82) is 0 Å². The van der Waals surface area contributed by atoms with E-state index in [1.807, 2.05) is 12.1 Å². The molecule has 2 saturated heterocycles. The number of rotatable bonds is 6. The van der Waals surface area contributed by atoms with Gasteiger partial charge in [0.05, 0.1) is 19.3 Å². The van der Waals surface area contributed by atoms with Crippen molar-refractivity contribution in [3.05, 3.63) is 24.3 Å². The van der Waals surface area contributed by atoms with Crippen molar-refractivity contribution in [2.45, 2.75) is 44.2 Å². The third-order valence-electron chi connectivity index (χ3n) is 5.48. The molecule has 0 amide bonds. The Hall–Kier alpha value is -1.99. The van der Waals surface area contributed by atoms with Gasteiger partial charge in [-0.1, -0.05) is 6.07 Å². The van der Waals surface area contributed by atoms with Crippen LogP contribution in [0.15, 0.2) is 29.3 Å². The molecule has 1 atom stereocenters. The molecule has 3 N–H and O–H groups in total. The lowest BCUT2D eigenvalue weighted by atomic mass is 9.95. The molecule has 28 heavy (non-hydrogen) atoms. The third kappa shape index (κ3) is 5.75. The van der Waals surface area contributed by atoms with Gasteiger partial charge in [-0.15, -0.1) is 0 Å². The van der Waals surface area contributed by atoms with Gasteiger partial charge >= 0.3 is 0 Å². The molecule has 2 fully saturated rings. The van der Waals surface area contributed by atoms with Gasteiger partial charge in [-0.25, -0.2) is 0 Å². The summed E-state index contributed by atoms with van der Waals surface area (Å²) in [4.78, 5) is 7.07. The number of anilines is 1. The molecular weight excluding hydrogens is 356 g/mol. The van der Waals surface area contributed by atoms with Crippen molar-refractivity contribution >= 4 is 11.6 Å². The normalized spacial score (nSPS) is 22.6. The highest BCUT2D eigenvalue weighted by molar-refractivity contribution is 5.80. The topological polar surface area (TPSA) is 78.4 Å². The fraction of sp³-hybridized carbons (Fsp3) is 0.667. The van der Waals surface area contributed by atoms with Crippen LogP contribution in [0.5, 0.6) is 5.75 Å². The van der Waals surface area contributed by atoms with Gasteiger partial charge in [-0.2, -0.15) is 0 Å². The molecular formula is C21H34N4O3. The molecule has 2 heterocycles. The number of aliphatic imine (C=N–C) groups is 1. The molecule has 1 aromatic carbocycles. The first-order valence-electron chi connectivity index (χ1n) is 10.4. The van der Waals surface area contributed by atoms with E-state index in [1.54, 1.807) is 7.11 Å². The Labute approximate surface area is 168 Å². The number of piperidine rings is 1. The lowest BCUT2D eigenvalue weighted by Crippen LogP contribution is -2.52. The minimum Gasteiger partial charge on any atom is -0.497 e. The Morgan fingerprint density at radius 2 is 2.21 bits per heavy atom. The summed E-state index contributed by atoms with van der Waals surface area (Å²) in [6, 6.07) is 8.53. The van der Waals surface area contributed by atoms with E-state index in [1.165, 1.54) is 5.69 Å². The predicted molar refractivity (Wildman–Crippen MR) is 112 cm³/mol. The monoisotopic (exact) mass is 390 g/mol. The highest BCUT2D eigenvalue weighted by atomic mass is 16.5. The quantitative estimate of drug-likeness (QED) is 0.508. The largest absolute Gasteiger partial charge is 0.497 e. The predicted octanol–water partition coefficient (Wildman–Crippen LogP) is 1.76. The van der Waals surface area contributed by atoms with E-state index < -0.39 is 5.60 Å². The lowest BCUT2D eigenvalue weighted by Gasteiger charge is -2.36. The van der Waals surface area contributed by atoms with E-state index in [-0.39, 0.29) is 0 Å². The molecule has 1 unspecified atom stereocenters.